The molecule has 0 saturated heterocycles. The number of hydrogen-bond acceptors (Lipinski definition) is 4. The molecule has 0 N–H and O–H groups in total. The van der Waals surface area contributed by atoms with E-state index in [9.17, 15) is 0 Å². The summed E-state index contributed by atoms with van der Waals surface area (Å²) in [5, 5.41) is 2.94. The summed E-state index contributed by atoms with van der Waals surface area (Å²) in [5.74, 6) is 0. The first-order valence-corrected chi connectivity index (χ1v) is 17.4. The molecule has 0 spiro atoms. The van der Waals surface area contributed by atoms with Gasteiger partial charge in [-0.2, -0.15) is 0 Å². The molecule has 4 heteroatoms. The molecular formula is C34H32S4. The summed E-state index contributed by atoms with van der Waals surface area (Å²) < 4.78 is 6.06. The highest BCUT2D eigenvalue weighted by Crippen LogP contribution is 2.64. The van der Waals surface area contributed by atoms with Crippen molar-refractivity contribution in [2.24, 2.45) is 0 Å². The van der Waals surface area contributed by atoms with Gasteiger partial charge in [-0.25, -0.2) is 0 Å². The normalized spacial score (nSPS) is 16.5. The first kappa shape index (κ1) is 23.9. The van der Waals surface area contributed by atoms with Crippen LogP contribution in [0.15, 0.2) is 36.4 Å². The molecule has 4 aromatic heterocycles. The molecule has 0 nitrogen and oxygen atoms in total. The number of thiophene rings is 4. The minimum Gasteiger partial charge on any atom is -0.139 e. The lowest BCUT2D eigenvalue weighted by Crippen LogP contribution is -2.23. The van der Waals surface area contributed by atoms with Gasteiger partial charge in [0, 0.05) is 50.9 Å². The lowest BCUT2D eigenvalue weighted by molar-refractivity contribution is 0.495. The molecule has 0 saturated carbocycles. The van der Waals surface area contributed by atoms with Gasteiger partial charge in [-0.15, -0.1) is 45.3 Å². The molecule has 192 valence electrons. The molecule has 4 heterocycles. The van der Waals surface area contributed by atoms with Gasteiger partial charge in [-0.3, -0.25) is 0 Å². The van der Waals surface area contributed by atoms with Gasteiger partial charge in [0.15, 0.2) is 0 Å². The van der Waals surface area contributed by atoms with Crippen LogP contribution in [-0.4, -0.2) is 0 Å². The zero-order valence-electron chi connectivity index (χ0n) is 22.9. The molecule has 8 rings (SSSR count). The second-order valence-corrected chi connectivity index (χ2v) is 16.0. The average Bonchev–Trinajstić information content (AvgIpc) is 3.71. The van der Waals surface area contributed by atoms with Crippen LogP contribution in [0.4, 0.5) is 0 Å². The Morgan fingerprint density at radius 1 is 0.553 bits per heavy atom. The first-order chi connectivity index (χ1) is 18.4. The fourth-order valence-corrected chi connectivity index (χ4v) is 13.8. The van der Waals surface area contributed by atoms with E-state index in [4.69, 9.17) is 0 Å². The van der Waals surface area contributed by atoms with Crippen molar-refractivity contribution in [2.75, 3.05) is 0 Å². The van der Waals surface area contributed by atoms with Crippen molar-refractivity contribution in [3.05, 3.63) is 68.4 Å². The fourth-order valence-electron chi connectivity index (χ4n) is 8.16. The summed E-state index contributed by atoms with van der Waals surface area (Å²) in [6.45, 7) is 14.2. The maximum Gasteiger partial charge on any atom is 0.0501 e. The third-order valence-electron chi connectivity index (χ3n) is 10.0. The number of fused-ring (bicyclic) bond motifs is 13. The van der Waals surface area contributed by atoms with Gasteiger partial charge in [-0.1, -0.05) is 52.0 Å². The maximum absolute atomic E-state index is 2.53. The highest BCUT2D eigenvalue weighted by atomic mass is 32.1. The van der Waals surface area contributed by atoms with Crippen molar-refractivity contribution in [2.45, 2.75) is 78.1 Å². The van der Waals surface area contributed by atoms with Crippen LogP contribution in [0.2, 0.25) is 0 Å². The monoisotopic (exact) mass is 568 g/mol. The van der Waals surface area contributed by atoms with E-state index in [1.165, 1.54) is 41.1 Å². The van der Waals surface area contributed by atoms with E-state index in [2.05, 4.69) is 77.9 Å². The number of rotatable bonds is 4. The third-order valence-corrected chi connectivity index (χ3v) is 14.7. The standard InChI is InChI=1S/C34H32S4/c1-7-33(8-2)21-13-11-20-19(25(21)31-27(33)29-23(37-31)15-17(5)35-29)12-14-22-26(20)32-28(34(22,9-3)10-4)30-24(38-32)16-18(6)36-30/h11-16H,7-10H2,1-6H3. The molecule has 2 aliphatic rings. The predicted octanol–water partition coefficient (Wildman–Crippen LogP) is 12.2. The predicted molar refractivity (Wildman–Crippen MR) is 174 cm³/mol. The molecule has 2 aromatic carbocycles. The quantitative estimate of drug-likeness (QED) is 0.198. The van der Waals surface area contributed by atoms with Crippen molar-refractivity contribution in [1.82, 2.24) is 0 Å². The van der Waals surface area contributed by atoms with E-state index in [-0.39, 0.29) is 10.8 Å². The third kappa shape index (κ3) is 2.58. The van der Waals surface area contributed by atoms with Crippen molar-refractivity contribution in [3.63, 3.8) is 0 Å². The summed E-state index contributed by atoms with van der Waals surface area (Å²) in [6, 6.07) is 14.9. The van der Waals surface area contributed by atoms with E-state index >= 15 is 0 Å². The van der Waals surface area contributed by atoms with Crippen LogP contribution in [0.5, 0.6) is 0 Å². The Morgan fingerprint density at radius 3 is 1.32 bits per heavy atom. The van der Waals surface area contributed by atoms with Crippen LogP contribution in [0.3, 0.4) is 0 Å². The fraction of sp³-hybridized carbons (Fsp3) is 0.353. The molecule has 0 unspecified atom stereocenters. The van der Waals surface area contributed by atoms with Crippen LogP contribution in [-0.2, 0) is 10.8 Å². The summed E-state index contributed by atoms with van der Waals surface area (Å²) >= 11 is 8.11. The van der Waals surface area contributed by atoms with E-state index in [0.29, 0.717) is 0 Å². The minimum absolute atomic E-state index is 0.123. The summed E-state index contributed by atoms with van der Waals surface area (Å²) in [4.78, 5) is 5.97. The van der Waals surface area contributed by atoms with Gasteiger partial charge in [0.05, 0.1) is 9.40 Å². The highest BCUT2D eigenvalue weighted by Gasteiger charge is 2.47. The Bertz CT molecular complexity index is 1800. The van der Waals surface area contributed by atoms with Crippen LogP contribution < -0.4 is 0 Å². The van der Waals surface area contributed by atoms with Gasteiger partial charge < -0.3 is 0 Å². The van der Waals surface area contributed by atoms with E-state index in [1.807, 2.05) is 45.3 Å². The Balaban J connectivity index is 1.51. The van der Waals surface area contributed by atoms with E-state index in [1.54, 1.807) is 41.4 Å². The molecule has 0 radical (unpaired) electrons. The Labute approximate surface area is 241 Å². The molecule has 38 heavy (non-hydrogen) atoms. The molecule has 0 bridgehead atoms. The van der Waals surface area contributed by atoms with Crippen molar-refractivity contribution >= 4 is 74.9 Å². The Hall–Kier alpha value is -1.98. The molecule has 2 aliphatic carbocycles. The van der Waals surface area contributed by atoms with E-state index < -0.39 is 0 Å². The first-order valence-electron chi connectivity index (χ1n) is 14.1. The van der Waals surface area contributed by atoms with Gasteiger partial charge >= 0.3 is 0 Å². The summed E-state index contributed by atoms with van der Waals surface area (Å²) in [7, 11) is 0. The molecule has 0 amide bonds. The van der Waals surface area contributed by atoms with Crippen molar-refractivity contribution < 1.29 is 0 Å². The highest BCUT2D eigenvalue weighted by molar-refractivity contribution is 7.30. The van der Waals surface area contributed by atoms with E-state index in [0.717, 1.165) is 25.7 Å². The summed E-state index contributed by atoms with van der Waals surface area (Å²) in [5.41, 5.74) is 9.73. The van der Waals surface area contributed by atoms with Crippen LogP contribution in [0, 0.1) is 13.8 Å². The zero-order chi connectivity index (χ0) is 26.1. The van der Waals surface area contributed by atoms with Crippen LogP contribution in [0.1, 0.15) is 85.4 Å². The van der Waals surface area contributed by atoms with Gasteiger partial charge in [0.2, 0.25) is 0 Å². The average molecular weight is 569 g/mol. The SMILES string of the molecule is CCC1(CC)c2ccc3c4c(ccc3c2-c2sc3cc(C)sc3c21)C(CC)(CC)c1c-4sc2cc(C)sc12. The maximum atomic E-state index is 2.53. The largest absolute Gasteiger partial charge is 0.139 e. The molecule has 0 fully saturated rings. The van der Waals surface area contributed by atoms with Crippen LogP contribution in [0.25, 0.3) is 50.5 Å². The second-order valence-electron chi connectivity index (χ2n) is 11.4. The summed E-state index contributed by atoms with van der Waals surface area (Å²) in [6.07, 6.45) is 4.62. The Morgan fingerprint density at radius 2 is 0.947 bits per heavy atom. The zero-order valence-corrected chi connectivity index (χ0v) is 26.2. The molecule has 0 aliphatic heterocycles. The van der Waals surface area contributed by atoms with Gasteiger partial charge in [0.1, 0.15) is 0 Å². The molecule has 6 aromatic rings. The van der Waals surface area contributed by atoms with Gasteiger partial charge in [0.25, 0.3) is 0 Å². The van der Waals surface area contributed by atoms with Crippen molar-refractivity contribution in [3.8, 4) is 20.9 Å². The Kier molecular flexibility index (Phi) is 4.91. The lowest BCUT2D eigenvalue weighted by atomic mass is 9.73. The number of aryl methyl sites for hydroxylation is 2. The molecular weight excluding hydrogens is 537 g/mol. The van der Waals surface area contributed by atoms with Gasteiger partial charge in [-0.05, 0) is 84.7 Å². The van der Waals surface area contributed by atoms with Crippen LogP contribution >= 0.6 is 45.3 Å². The number of hydrogen-bond donors (Lipinski definition) is 0. The minimum atomic E-state index is 0.123. The second kappa shape index (κ2) is 7.81. The smallest absolute Gasteiger partial charge is 0.0501 e. The topological polar surface area (TPSA) is 0 Å². The lowest BCUT2D eigenvalue weighted by Gasteiger charge is -2.30. The van der Waals surface area contributed by atoms with Crippen molar-refractivity contribution in [1.29, 1.82) is 0 Å². The molecule has 0 atom stereocenters. The number of benzene rings is 2.